The molecule has 0 aliphatic heterocycles. The number of fused-ring (bicyclic) bond motifs is 1. The van der Waals surface area contributed by atoms with Crippen molar-refractivity contribution in [2.24, 2.45) is 17.3 Å². The van der Waals surface area contributed by atoms with Gasteiger partial charge in [0.25, 0.3) is 0 Å². The number of carbonyl (C=O) groups is 1. The van der Waals surface area contributed by atoms with Crippen molar-refractivity contribution >= 4 is 33.7 Å². The summed E-state index contributed by atoms with van der Waals surface area (Å²) in [5, 5.41) is 8.78. The van der Waals surface area contributed by atoms with Crippen LogP contribution < -0.4 is 4.80 Å². The average Bonchev–Trinajstić information content (AvgIpc) is 3.24. The van der Waals surface area contributed by atoms with E-state index in [1.165, 1.54) is 4.70 Å². The lowest BCUT2D eigenvalue weighted by molar-refractivity contribution is 0.0526. The predicted octanol–water partition coefficient (Wildman–Crippen LogP) is 4.76. The van der Waals surface area contributed by atoms with Gasteiger partial charge < -0.3 is 13.9 Å². The van der Waals surface area contributed by atoms with Crippen LogP contribution in [0.1, 0.15) is 34.2 Å². The Morgan fingerprint density at radius 3 is 2.58 bits per heavy atom. The Morgan fingerprint density at radius 1 is 1.13 bits per heavy atom. The summed E-state index contributed by atoms with van der Waals surface area (Å²) in [6, 6.07) is 17.7. The molecule has 31 heavy (non-hydrogen) atoms. The number of rotatable bonds is 5. The van der Waals surface area contributed by atoms with E-state index in [9.17, 15) is 4.79 Å². The van der Waals surface area contributed by atoms with E-state index in [0.29, 0.717) is 12.2 Å². The van der Waals surface area contributed by atoms with Crippen molar-refractivity contribution in [1.29, 1.82) is 0 Å². The first-order valence-electron chi connectivity index (χ1n) is 10.1. The quantitative estimate of drug-likeness (QED) is 0.259. The normalized spacial score (nSPS) is 12.2. The van der Waals surface area contributed by atoms with Crippen molar-refractivity contribution in [3.63, 3.8) is 0 Å². The van der Waals surface area contributed by atoms with Gasteiger partial charge in [0, 0.05) is 29.7 Å². The molecule has 0 unspecified atom stereocenters. The number of aryl methyl sites for hydroxylation is 2. The minimum atomic E-state index is -0.307. The average molecular weight is 433 g/mol. The van der Waals surface area contributed by atoms with Gasteiger partial charge in [-0.1, -0.05) is 23.5 Å². The molecule has 0 radical (unpaired) electrons. The highest BCUT2D eigenvalue weighted by atomic mass is 32.1. The van der Waals surface area contributed by atoms with Gasteiger partial charge in [-0.05, 0) is 63.2 Å². The molecule has 0 bridgehead atoms. The number of hydrogen-bond donors (Lipinski definition) is 0. The van der Waals surface area contributed by atoms with Crippen molar-refractivity contribution in [2.45, 2.75) is 20.8 Å². The van der Waals surface area contributed by atoms with Crippen LogP contribution in [0.3, 0.4) is 0 Å². The summed E-state index contributed by atoms with van der Waals surface area (Å²) in [5.41, 5.74) is 5.81. The zero-order valence-electron chi connectivity index (χ0n) is 18.0. The van der Waals surface area contributed by atoms with Crippen LogP contribution in [-0.2, 0) is 11.8 Å². The largest absolute Gasteiger partial charge is 0.462 e. The lowest BCUT2D eigenvalue weighted by Crippen LogP contribution is -2.08. The summed E-state index contributed by atoms with van der Waals surface area (Å²) in [6.07, 6.45) is 1.79. The summed E-state index contributed by atoms with van der Waals surface area (Å²) < 4.78 is 10.4. The second-order valence-corrected chi connectivity index (χ2v) is 8.19. The number of carbonyl (C=O) groups excluding carboxylic acids is 1. The summed E-state index contributed by atoms with van der Waals surface area (Å²) >= 11 is 1.62. The Hall–Kier alpha value is -3.45. The lowest BCUT2D eigenvalue weighted by atomic mass is 10.2. The molecule has 0 aliphatic rings. The molecule has 2 aromatic carbocycles. The molecule has 0 amide bonds. The summed E-state index contributed by atoms with van der Waals surface area (Å²) in [4.78, 5) is 12.7. The van der Waals surface area contributed by atoms with Crippen LogP contribution in [0.15, 0.2) is 64.8 Å². The molecule has 2 aromatic heterocycles. The SMILES string of the molecule is CCOC(=O)c1ccc(-n2c(C)cc(/C=N/N=c3/sc4ccccc4n3C)c2C)cc1. The molecular weight excluding hydrogens is 408 g/mol. The fraction of sp³-hybridized carbons (Fsp3) is 0.208. The molecule has 7 heteroatoms. The molecule has 0 saturated carbocycles. The molecule has 4 aromatic rings. The molecule has 158 valence electrons. The zero-order chi connectivity index (χ0) is 22.0. The number of aromatic nitrogens is 2. The summed E-state index contributed by atoms with van der Waals surface area (Å²) in [6.45, 7) is 6.26. The van der Waals surface area contributed by atoms with Crippen molar-refractivity contribution < 1.29 is 9.53 Å². The standard InChI is InChI=1S/C24H24N4O2S/c1-5-30-23(29)18-10-12-20(13-11-18)28-16(2)14-19(17(28)3)15-25-26-24-27(4)21-8-6-7-9-22(21)31-24/h6-15H,5H2,1-4H3/b25-15+,26-24+. The third-order valence-electron chi connectivity index (χ3n) is 5.16. The van der Waals surface area contributed by atoms with E-state index in [4.69, 9.17) is 4.74 Å². The first kappa shape index (κ1) is 20.8. The third kappa shape index (κ3) is 4.09. The van der Waals surface area contributed by atoms with E-state index in [1.807, 2.05) is 49.7 Å². The predicted molar refractivity (Wildman–Crippen MR) is 125 cm³/mol. The first-order chi connectivity index (χ1) is 15.0. The van der Waals surface area contributed by atoms with Gasteiger partial charge in [0.05, 0.1) is 28.6 Å². The Kier molecular flexibility index (Phi) is 5.86. The van der Waals surface area contributed by atoms with Crippen LogP contribution in [-0.4, -0.2) is 27.9 Å². The van der Waals surface area contributed by atoms with E-state index in [1.54, 1.807) is 36.6 Å². The van der Waals surface area contributed by atoms with Crippen LogP contribution in [0, 0.1) is 13.8 Å². The van der Waals surface area contributed by atoms with Crippen molar-refractivity contribution in [2.75, 3.05) is 6.61 Å². The molecule has 0 saturated heterocycles. The van der Waals surface area contributed by atoms with Gasteiger partial charge in [0.2, 0.25) is 4.80 Å². The second kappa shape index (κ2) is 8.73. The van der Waals surface area contributed by atoms with Gasteiger partial charge in [-0.3, -0.25) is 0 Å². The number of ether oxygens (including phenoxy) is 1. The van der Waals surface area contributed by atoms with Crippen molar-refractivity contribution in [3.8, 4) is 5.69 Å². The minimum absolute atomic E-state index is 0.307. The van der Waals surface area contributed by atoms with Gasteiger partial charge >= 0.3 is 5.97 Å². The van der Waals surface area contributed by atoms with E-state index < -0.39 is 0 Å². The van der Waals surface area contributed by atoms with Crippen molar-refractivity contribution in [3.05, 3.63) is 81.9 Å². The fourth-order valence-electron chi connectivity index (χ4n) is 3.60. The van der Waals surface area contributed by atoms with Crippen LogP contribution in [0.2, 0.25) is 0 Å². The topological polar surface area (TPSA) is 60.9 Å². The third-order valence-corrected chi connectivity index (χ3v) is 6.27. The fourth-order valence-corrected chi connectivity index (χ4v) is 4.57. The Bertz CT molecular complexity index is 1340. The van der Waals surface area contributed by atoms with E-state index in [0.717, 1.165) is 33.0 Å². The van der Waals surface area contributed by atoms with Crippen LogP contribution in [0.25, 0.3) is 15.9 Å². The smallest absolute Gasteiger partial charge is 0.338 e. The molecule has 0 fully saturated rings. The number of benzene rings is 2. The van der Waals surface area contributed by atoms with Gasteiger partial charge in [-0.2, -0.15) is 5.10 Å². The van der Waals surface area contributed by atoms with E-state index in [2.05, 4.69) is 33.0 Å². The Balaban J connectivity index is 1.62. The monoisotopic (exact) mass is 432 g/mol. The molecule has 2 heterocycles. The summed E-state index contributed by atoms with van der Waals surface area (Å²) in [7, 11) is 2.00. The maximum absolute atomic E-state index is 11.9. The molecule has 4 rings (SSSR count). The van der Waals surface area contributed by atoms with E-state index >= 15 is 0 Å². The number of para-hydroxylation sites is 1. The molecule has 0 spiro atoms. The minimum Gasteiger partial charge on any atom is -0.462 e. The van der Waals surface area contributed by atoms with Gasteiger partial charge in [0.15, 0.2) is 0 Å². The van der Waals surface area contributed by atoms with Gasteiger partial charge in [0.1, 0.15) is 0 Å². The number of hydrogen-bond acceptors (Lipinski definition) is 5. The molecule has 6 nitrogen and oxygen atoms in total. The highest BCUT2D eigenvalue weighted by Gasteiger charge is 2.11. The highest BCUT2D eigenvalue weighted by molar-refractivity contribution is 7.16. The zero-order valence-corrected chi connectivity index (χ0v) is 18.8. The van der Waals surface area contributed by atoms with Crippen molar-refractivity contribution in [1.82, 2.24) is 9.13 Å². The first-order valence-corrected chi connectivity index (χ1v) is 10.9. The maximum Gasteiger partial charge on any atom is 0.338 e. The van der Waals surface area contributed by atoms with Gasteiger partial charge in [-0.15, -0.1) is 5.10 Å². The van der Waals surface area contributed by atoms with Crippen LogP contribution >= 0.6 is 11.3 Å². The highest BCUT2D eigenvalue weighted by Crippen LogP contribution is 2.21. The number of thiazole rings is 1. The number of esters is 1. The van der Waals surface area contributed by atoms with E-state index in [-0.39, 0.29) is 5.97 Å². The summed E-state index contributed by atoms with van der Waals surface area (Å²) in [5.74, 6) is -0.307. The number of nitrogens with zero attached hydrogens (tertiary/aromatic N) is 4. The molecular formula is C24H24N4O2S. The van der Waals surface area contributed by atoms with Crippen LogP contribution in [0.4, 0.5) is 0 Å². The lowest BCUT2D eigenvalue weighted by Gasteiger charge is -2.10. The van der Waals surface area contributed by atoms with Gasteiger partial charge in [-0.25, -0.2) is 4.79 Å². The van der Waals surface area contributed by atoms with Crippen LogP contribution in [0.5, 0.6) is 0 Å². The molecule has 0 atom stereocenters. The Morgan fingerprint density at radius 2 is 1.87 bits per heavy atom. The molecule has 0 N–H and O–H groups in total. The molecule has 0 aliphatic carbocycles. The maximum atomic E-state index is 11.9. The Labute approximate surface area is 184 Å². The second-order valence-electron chi connectivity index (χ2n) is 7.19.